The third kappa shape index (κ3) is 3.17. The fourth-order valence-corrected chi connectivity index (χ4v) is 1.92. The van der Waals surface area contributed by atoms with Crippen LogP contribution < -0.4 is 5.32 Å². The fourth-order valence-electron chi connectivity index (χ4n) is 1.64. The number of carbonyl (C=O) groups excluding carboxylic acids is 1. The van der Waals surface area contributed by atoms with Gasteiger partial charge in [-0.05, 0) is 42.8 Å². The van der Waals surface area contributed by atoms with Crippen LogP contribution in [0.5, 0.6) is 0 Å². The van der Waals surface area contributed by atoms with Crippen LogP contribution in [-0.2, 0) is 11.3 Å². The molecule has 1 N–H and O–H groups in total. The molecule has 0 aliphatic carbocycles. The molecule has 0 aliphatic rings. The summed E-state index contributed by atoms with van der Waals surface area (Å²) in [7, 11) is 0. The predicted molar refractivity (Wildman–Crippen MR) is 74.8 cm³/mol. The second kappa shape index (κ2) is 5.48. The number of aromatic nitrogens is 4. The number of carbonyl (C=O) groups is 1. The molecule has 100 valence electrons. The number of aryl methyl sites for hydroxylation is 2. The number of rotatable bonds is 3. The van der Waals surface area contributed by atoms with E-state index in [0.29, 0.717) is 5.95 Å². The first-order valence-electron chi connectivity index (χ1n) is 5.76. The average molecular weight is 324 g/mol. The zero-order valence-electron chi connectivity index (χ0n) is 10.9. The molecular formula is C12H14BrN5O. The van der Waals surface area contributed by atoms with Gasteiger partial charge in [0.25, 0.3) is 0 Å². The molecule has 2 aromatic heterocycles. The first-order chi connectivity index (χ1) is 8.97. The van der Waals surface area contributed by atoms with Gasteiger partial charge in [-0.3, -0.25) is 14.8 Å². The maximum absolute atomic E-state index is 11.9. The summed E-state index contributed by atoms with van der Waals surface area (Å²) in [6, 6.07) is 1.77. The first kappa shape index (κ1) is 13.7. The molecular weight excluding hydrogens is 310 g/mol. The summed E-state index contributed by atoms with van der Waals surface area (Å²) < 4.78 is 2.57. The number of anilines is 1. The Labute approximate surface area is 119 Å². The molecule has 0 saturated carbocycles. The summed E-state index contributed by atoms with van der Waals surface area (Å²) in [5.41, 5.74) is 2.58. The third-order valence-electron chi connectivity index (χ3n) is 2.63. The van der Waals surface area contributed by atoms with E-state index in [1.165, 1.54) is 0 Å². The van der Waals surface area contributed by atoms with Crippen molar-refractivity contribution in [1.29, 1.82) is 0 Å². The van der Waals surface area contributed by atoms with E-state index in [1.807, 2.05) is 20.8 Å². The predicted octanol–water partition coefficient (Wildman–Crippen LogP) is 2.00. The van der Waals surface area contributed by atoms with Crippen LogP contribution in [0.25, 0.3) is 0 Å². The largest absolute Gasteiger partial charge is 0.293 e. The lowest BCUT2D eigenvalue weighted by Gasteiger charge is -2.05. The Morgan fingerprint density at radius 2 is 2.16 bits per heavy atom. The highest BCUT2D eigenvalue weighted by atomic mass is 79.9. The summed E-state index contributed by atoms with van der Waals surface area (Å²) >= 11 is 3.43. The highest BCUT2D eigenvalue weighted by Crippen LogP contribution is 2.19. The van der Waals surface area contributed by atoms with E-state index in [9.17, 15) is 4.79 Å². The van der Waals surface area contributed by atoms with Crippen LogP contribution in [0, 0.1) is 20.8 Å². The lowest BCUT2D eigenvalue weighted by molar-refractivity contribution is -0.117. The molecule has 2 heterocycles. The molecule has 19 heavy (non-hydrogen) atoms. The summed E-state index contributed by atoms with van der Waals surface area (Å²) in [5.74, 6) is 0.106. The van der Waals surface area contributed by atoms with Crippen molar-refractivity contribution >= 4 is 27.8 Å². The number of amides is 1. The summed E-state index contributed by atoms with van der Waals surface area (Å²) in [6.45, 7) is 5.76. The summed E-state index contributed by atoms with van der Waals surface area (Å²) in [4.78, 5) is 20.0. The lowest BCUT2D eigenvalue weighted by atomic mass is 10.4. The van der Waals surface area contributed by atoms with Crippen molar-refractivity contribution in [3.05, 3.63) is 33.8 Å². The van der Waals surface area contributed by atoms with Crippen LogP contribution >= 0.6 is 15.9 Å². The molecule has 0 radical (unpaired) electrons. The van der Waals surface area contributed by atoms with E-state index in [2.05, 4.69) is 36.3 Å². The fraction of sp³-hybridized carbons (Fsp3) is 0.333. The maximum Gasteiger partial charge on any atom is 0.248 e. The Morgan fingerprint density at radius 3 is 2.74 bits per heavy atom. The minimum atomic E-state index is -0.205. The molecule has 2 aromatic rings. The van der Waals surface area contributed by atoms with E-state index in [4.69, 9.17) is 0 Å². The summed E-state index contributed by atoms with van der Waals surface area (Å²) in [6.07, 6.45) is 1.61. The van der Waals surface area contributed by atoms with E-state index in [1.54, 1.807) is 16.9 Å². The van der Waals surface area contributed by atoms with Gasteiger partial charge in [0, 0.05) is 11.9 Å². The number of nitrogens with one attached hydrogen (secondary N) is 1. The van der Waals surface area contributed by atoms with Gasteiger partial charge in [-0.15, -0.1) is 0 Å². The topological polar surface area (TPSA) is 72.7 Å². The molecule has 0 atom stereocenters. The smallest absolute Gasteiger partial charge is 0.248 e. The highest BCUT2D eigenvalue weighted by Gasteiger charge is 2.12. The van der Waals surface area contributed by atoms with Crippen LogP contribution in [0.3, 0.4) is 0 Å². The molecule has 0 saturated heterocycles. The van der Waals surface area contributed by atoms with Crippen LogP contribution in [0.15, 0.2) is 16.7 Å². The molecule has 6 nitrogen and oxygen atoms in total. The van der Waals surface area contributed by atoms with Crippen molar-refractivity contribution in [2.24, 2.45) is 0 Å². The van der Waals surface area contributed by atoms with E-state index in [0.717, 1.165) is 21.6 Å². The van der Waals surface area contributed by atoms with Gasteiger partial charge in [0.15, 0.2) is 0 Å². The third-order valence-corrected chi connectivity index (χ3v) is 3.78. The second-order valence-electron chi connectivity index (χ2n) is 4.21. The minimum absolute atomic E-state index is 0.134. The molecule has 0 aromatic carbocycles. The van der Waals surface area contributed by atoms with E-state index < -0.39 is 0 Å². The van der Waals surface area contributed by atoms with Gasteiger partial charge in [0.1, 0.15) is 6.54 Å². The Hall–Kier alpha value is -1.76. The molecule has 0 unspecified atom stereocenters. The lowest BCUT2D eigenvalue weighted by Crippen LogP contribution is -2.21. The standard InChI is InChI=1S/C12H14BrN5O/c1-7-4-5-14-12(15-7)16-10(19)6-18-9(3)11(13)8(2)17-18/h4-5H,6H2,1-3H3,(H,14,15,16,19). The summed E-state index contributed by atoms with van der Waals surface area (Å²) in [5, 5.41) is 6.93. The molecule has 1 amide bonds. The molecule has 7 heteroatoms. The van der Waals surface area contributed by atoms with Gasteiger partial charge >= 0.3 is 0 Å². The van der Waals surface area contributed by atoms with Gasteiger partial charge in [-0.1, -0.05) is 0 Å². The van der Waals surface area contributed by atoms with Crippen LogP contribution in [0.2, 0.25) is 0 Å². The van der Waals surface area contributed by atoms with E-state index >= 15 is 0 Å². The van der Waals surface area contributed by atoms with Crippen molar-refractivity contribution < 1.29 is 4.79 Å². The number of hydrogen-bond donors (Lipinski definition) is 1. The average Bonchev–Trinajstić information content (AvgIpc) is 2.57. The Morgan fingerprint density at radius 1 is 1.42 bits per heavy atom. The van der Waals surface area contributed by atoms with Crippen molar-refractivity contribution in [2.75, 3.05) is 5.32 Å². The maximum atomic E-state index is 11.9. The highest BCUT2D eigenvalue weighted by molar-refractivity contribution is 9.10. The first-order valence-corrected chi connectivity index (χ1v) is 6.55. The van der Waals surface area contributed by atoms with Crippen molar-refractivity contribution in [1.82, 2.24) is 19.7 Å². The van der Waals surface area contributed by atoms with Crippen molar-refractivity contribution in [3.63, 3.8) is 0 Å². The normalized spacial score (nSPS) is 10.5. The molecule has 2 rings (SSSR count). The molecule has 0 bridgehead atoms. The zero-order chi connectivity index (χ0) is 14.0. The molecule has 0 aliphatic heterocycles. The van der Waals surface area contributed by atoms with E-state index in [-0.39, 0.29) is 12.5 Å². The van der Waals surface area contributed by atoms with Crippen molar-refractivity contribution in [2.45, 2.75) is 27.3 Å². The SMILES string of the molecule is Cc1ccnc(NC(=O)Cn2nc(C)c(Br)c2C)n1. The van der Waals surface area contributed by atoms with Gasteiger partial charge in [-0.25, -0.2) is 9.97 Å². The van der Waals surface area contributed by atoms with Gasteiger partial charge in [0.05, 0.1) is 15.9 Å². The Kier molecular flexibility index (Phi) is 3.94. The number of hydrogen-bond acceptors (Lipinski definition) is 4. The van der Waals surface area contributed by atoms with Gasteiger partial charge in [0.2, 0.25) is 11.9 Å². The Bertz CT molecular complexity index is 623. The van der Waals surface area contributed by atoms with Crippen molar-refractivity contribution in [3.8, 4) is 0 Å². The van der Waals surface area contributed by atoms with Gasteiger partial charge < -0.3 is 0 Å². The van der Waals surface area contributed by atoms with Crippen LogP contribution in [-0.4, -0.2) is 25.7 Å². The minimum Gasteiger partial charge on any atom is -0.293 e. The van der Waals surface area contributed by atoms with Crippen LogP contribution in [0.4, 0.5) is 5.95 Å². The van der Waals surface area contributed by atoms with Gasteiger partial charge in [-0.2, -0.15) is 5.10 Å². The zero-order valence-corrected chi connectivity index (χ0v) is 12.5. The quantitative estimate of drug-likeness (QED) is 0.937. The number of halogens is 1. The molecule has 0 spiro atoms. The number of nitrogens with zero attached hydrogens (tertiary/aromatic N) is 4. The Balaban J connectivity index is 2.07. The molecule has 0 fully saturated rings. The monoisotopic (exact) mass is 323 g/mol. The second-order valence-corrected chi connectivity index (χ2v) is 5.01. The van der Waals surface area contributed by atoms with Crippen LogP contribution in [0.1, 0.15) is 17.1 Å².